The maximum absolute atomic E-state index is 12.5. The number of carbonyl (C=O) groups is 2. The zero-order valence-corrected chi connectivity index (χ0v) is 13.3. The smallest absolute Gasteiger partial charge is 0.320 e. The van der Waals surface area contributed by atoms with E-state index in [2.05, 4.69) is 4.98 Å². The van der Waals surface area contributed by atoms with Crippen molar-refractivity contribution in [2.24, 2.45) is 0 Å². The highest BCUT2D eigenvalue weighted by molar-refractivity contribution is 7.07. The molecule has 0 aromatic carbocycles. The Morgan fingerprint density at radius 1 is 1.00 bits per heavy atom. The summed E-state index contributed by atoms with van der Waals surface area (Å²) in [6, 6.07) is 0.0613. The van der Waals surface area contributed by atoms with Crippen LogP contribution in [-0.2, 0) is 4.74 Å². The average molecular weight is 324 g/mol. The highest BCUT2D eigenvalue weighted by Gasteiger charge is 2.27. The molecule has 120 valence electrons. The second-order valence-electron chi connectivity index (χ2n) is 5.39. The van der Waals surface area contributed by atoms with E-state index in [1.165, 1.54) is 11.3 Å². The van der Waals surface area contributed by atoms with E-state index in [1.807, 2.05) is 9.80 Å². The number of urea groups is 1. The van der Waals surface area contributed by atoms with Crippen molar-refractivity contribution in [2.75, 3.05) is 52.5 Å². The van der Waals surface area contributed by atoms with Crippen LogP contribution in [-0.4, -0.2) is 84.1 Å². The Labute approximate surface area is 133 Å². The van der Waals surface area contributed by atoms with E-state index in [9.17, 15) is 9.59 Å². The minimum atomic E-state index is -0.0399. The molecule has 3 heterocycles. The summed E-state index contributed by atoms with van der Waals surface area (Å²) >= 11 is 1.42. The topological polar surface area (TPSA) is 66.0 Å². The molecular formula is C14H20N4O3S. The number of rotatable bonds is 1. The van der Waals surface area contributed by atoms with Gasteiger partial charge in [0.05, 0.1) is 18.7 Å². The summed E-state index contributed by atoms with van der Waals surface area (Å²) in [5.74, 6) is -0.0399. The zero-order chi connectivity index (χ0) is 15.4. The lowest BCUT2D eigenvalue weighted by atomic mass is 10.3. The second-order valence-corrected chi connectivity index (χ2v) is 6.11. The van der Waals surface area contributed by atoms with Crippen LogP contribution in [0.15, 0.2) is 10.9 Å². The van der Waals surface area contributed by atoms with Crippen LogP contribution in [0.5, 0.6) is 0 Å². The predicted molar refractivity (Wildman–Crippen MR) is 82.0 cm³/mol. The van der Waals surface area contributed by atoms with Crippen molar-refractivity contribution in [3.8, 4) is 0 Å². The molecule has 0 N–H and O–H groups in total. The van der Waals surface area contributed by atoms with Crippen molar-refractivity contribution >= 4 is 23.3 Å². The fourth-order valence-electron chi connectivity index (χ4n) is 2.75. The number of carbonyl (C=O) groups excluding carboxylic acids is 2. The SMILES string of the molecule is O=C(c1cscn1)N1CCCN(C(=O)N2CCOCC2)CC1. The summed E-state index contributed by atoms with van der Waals surface area (Å²) in [4.78, 5) is 34.4. The Hall–Kier alpha value is -1.67. The van der Waals surface area contributed by atoms with Crippen molar-refractivity contribution in [3.63, 3.8) is 0 Å². The lowest BCUT2D eigenvalue weighted by molar-refractivity contribution is 0.0435. The van der Waals surface area contributed by atoms with Gasteiger partial charge in [-0.1, -0.05) is 0 Å². The van der Waals surface area contributed by atoms with E-state index in [1.54, 1.807) is 15.8 Å². The summed E-state index contributed by atoms with van der Waals surface area (Å²) in [5, 5.41) is 1.77. The highest BCUT2D eigenvalue weighted by atomic mass is 32.1. The van der Waals surface area contributed by atoms with Crippen LogP contribution in [0.1, 0.15) is 16.9 Å². The largest absolute Gasteiger partial charge is 0.378 e. The van der Waals surface area contributed by atoms with Gasteiger partial charge in [-0.3, -0.25) is 4.79 Å². The fraction of sp³-hybridized carbons (Fsp3) is 0.643. The first-order valence-electron chi connectivity index (χ1n) is 7.55. The number of ether oxygens (including phenoxy) is 1. The molecule has 1 aromatic rings. The summed E-state index contributed by atoms with van der Waals surface area (Å²) in [6.45, 7) is 5.01. The Morgan fingerprint density at radius 3 is 2.41 bits per heavy atom. The van der Waals surface area contributed by atoms with Gasteiger partial charge in [0, 0.05) is 44.6 Å². The van der Waals surface area contributed by atoms with Gasteiger partial charge in [-0.2, -0.15) is 0 Å². The Balaban J connectivity index is 1.57. The Morgan fingerprint density at radius 2 is 1.68 bits per heavy atom. The van der Waals surface area contributed by atoms with Gasteiger partial charge >= 0.3 is 6.03 Å². The van der Waals surface area contributed by atoms with E-state index in [4.69, 9.17) is 4.74 Å². The van der Waals surface area contributed by atoms with E-state index in [0.29, 0.717) is 58.2 Å². The lowest BCUT2D eigenvalue weighted by Crippen LogP contribution is -2.49. The number of morpholine rings is 1. The summed E-state index contributed by atoms with van der Waals surface area (Å²) < 4.78 is 5.28. The maximum Gasteiger partial charge on any atom is 0.320 e. The van der Waals surface area contributed by atoms with Crippen LogP contribution in [0.3, 0.4) is 0 Å². The van der Waals surface area contributed by atoms with Gasteiger partial charge in [0.25, 0.3) is 5.91 Å². The molecule has 0 atom stereocenters. The summed E-state index contributed by atoms with van der Waals surface area (Å²) in [6.07, 6.45) is 0.798. The van der Waals surface area contributed by atoms with Gasteiger partial charge in [-0.15, -0.1) is 11.3 Å². The molecule has 0 saturated carbocycles. The van der Waals surface area contributed by atoms with E-state index < -0.39 is 0 Å². The summed E-state index contributed by atoms with van der Waals surface area (Å²) in [5.41, 5.74) is 2.16. The first kappa shape index (κ1) is 15.2. The van der Waals surface area contributed by atoms with Crippen LogP contribution < -0.4 is 0 Å². The van der Waals surface area contributed by atoms with Crippen molar-refractivity contribution in [2.45, 2.75) is 6.42 Å². The third kappa shape index (κ3) is 3.38. The van der Waals surface area contributed by atoms with Crippen molar-refractivity contribution in [1.82, 2.24) is 19.7 Å². The van der Waals surface area contributed by atoms with Crippen LogP contribution in [0, 0.1) is 0 Å². The van der Waals surface area contributed by atoms with Crippen molar-refractivity contribution in [1.29, 1.82) is 0 Å². The van der Waals surface area contributed by atoms with E-state index >= 15 is 0 Å². The molecule has 22 heavy (non-hydrogen) atoms. The molecule has 0 unspecified atom stereocenters. The molecule has 2 aliphatic rings. The minimum Gasteiger partial charge on any atom is -0.378 e. The van der Waals surface area contributed by atoms with Crippen LogP contribution >= 0.6 is 11.3 Å². The first-order valence-corrected chi connectivity index (χ1v) is 8.49. The van der Waals surface area contributed by atoms with Crippen molar-refractivity contribution < 1.29 is 14.3 Å². The third-order valence-corrected chi connectivity index (χ3v) is 4.57. The molecule has 0 bridgehead atoms. The monoisotopic (exact) mass is 324 g/mol. The van der Waals surface area contributed by atoms with Crippen LogP contribution in [0.2, 0.25) is 0 Å². The molecule has 0 aliphatic carbocycles. The number of nitrogens with zero attached hydrogens (tertiary/aromatic N) is 4. The molecule has 8 heteroatoms. The van der Waals surface area contributed by atoms with Gasteiger partial charge < -0.3 is 19.4 Å². The van der Waals surface area contributed by atoms with Gasteiger partial charge in [0.15, 0.2) is 0 Å². The van der Waals surface area contributed by atoms with Gasteiger partial charge in [0.1, 0.15) is 5.69 Å². The average Bonchev–Trinajstić information content (AvgIpc) is 2.99. The van der Waals surface area contributed by atoms with Crippen LogP contribution in [0.4, 0.5) is 4.79 Å². The standard InChI is InChI=1S/C14H20N4O3S/c19-13(12-10-22-11-15-12)16-2-1-3-17(5-4-16)14(20)18-6-8-21-9-7-18/h10-11H,1-9H2. The molecule has 2 saturated heterocycles. The molecular weight excluding hydrogens is 304 g/mol. The highest BCUT2D eigenvalue weighted by Crippen LogP contribution is 2.12. The molecule has 0 radical (unpaired) electrons. The number of amides is 3. The van der Waals surface area contributed by atoms with Gasteiger partial charge in [-0.25, -0.2) is 9.78 Å². The Kier molecular flexibility index (Phi) is 4.89. The number of aromatic nitrogens is 1. The molecule has 2 aliphatic heterocycles. The van der Waals surface area contributed by atoms with Gasteiger partial charge in [-0.05, 0) is 6.42 Å². The molecule has 1 aromatic heterocycles. The van der Waals surface area contributed by atoms with Crippen LogP contribution in [0.25, 0.3) is 0 Å². The molecule has 3 amide bonds. The van der Waals surface area contributed by atoms with E-state index in [-0.39, 0.29) is 11.9 Å². The normalized spacial score (nSPS) is 19.9. The lowest BCUT2D eigenvalue weighted by Gasteiger charge is -2.32. The number of hydrogen-bond donors (Lipinski definition) is 0. The molecule has 3 rings (SSSR count). The zero-order valence-electron chi connectivity index (χ0n) is 12.4. The fourth-order valence-corrected chi connectivity index (χ4v) is 3.27. The molecule has 0 spiro atoms. The maximum atomic E-state index is 12.5. The quantitative estimate of drug-likeness (QED) is 0.764. The third-order valence-electron chi connectivity index (χ3n) is 3.99. The number of thiazole rings is 1. The second kappa shape index (κ2) is 7.06. The predicted octanol–water partition coefficient (Wildman–Crippen LogP) is 0.743. The molecule has 2 fully saturated rings. The molecule has 7 nitrogen and oxygen atoms in total. The minimum absolute atomic E-state index is 0.0399. The summed E-state index contributed by atoms with van der Waals surface area (Å²) in [7, 11) is 0. The van der Waals surface area contributed by atoms with Gasteiger partial charge in [0.2, 0.25) is 0 Å². The Bertz CT molecular complexity index is 516. The first-order chi connectivity index (χ1) is 10.8. The van der Waals surface area contributed by atoms with Crippen molar-refractivity contribution in [3.05, 3.63) is 16.6 Å². The number of hydrogen-bond acceptors (Lipinski definition) is 5. The van der Waals surface area contributed by atoms with E-state index in [0.717, 1.165) is 6.42 Å².